The highest BCUT2D eigenvalue weighted by atomic mass is 32.2. The van der Waals surface area contributed by atoms with Gasteiger partial charge in [0, 0.05) is 28.3 Å². The Hall–Kier alpha value is -0.180. The van der Waals surface area contributed by atoms with Gasteiger partial charge in [0.15, 0.2) is 0 Å². The zero-order chi connectivity index (χ0) is 14.2. The molecule has 3 rings (SSSR count). The van der Waals surface area contributed by atoms with Gasteiger partial charge in [0.2, 0.25) is 0 Å². The number of ether oxygens (including phenoxy) is 1. The fourth-order valence-corrected chi connectivity index (χ4v) is 7.82. The van der Waals surface area contributed by atoms with Gasteiger partial charge in [0.25, 0.3) is 0 Å². The Morgan fingerprint density at radius 1 is 1.15 bits per heavy atom. The molecule has 116 valence electrons. The molecular formula is C12H23N3O3S2. The summed E-state index contributed by atoms with van der Waals surface area (Å²) in [6, 6.07) is 0. The van der Waals surface area contributed by atoms with E-state index in [0.29, 0.717) is 48.0 Å². The van der Waals surface area contributed by atoms with E-state index in [1.165, 1.54) is 0 Å². The molecule has 0 bridgehead atoms. The molecule has 0 aromatic heterocycles. The van der Waals surface area contributed by atoms with E-state index >= 15 is 0 Å². The summed E-state index contributed by atoms with van der Waals surface area (Å²) < 4.78 is 39.1. The molecule has 3 aliphatic rings. The molecule has 1 N–H and O–H groups in total. The molecule has 4 atom stereocenters. The smallest absolute Gasteiger partial charge is 0.0901 e. The Morgan fingerprint density at radius 2 is 1.85 bits per heavy atom. The van der Waals surface area contributed by atoms with E-state index in [1.54, 1.807) is 7.05 Å². The number of hydrogen-bond donors (Lipinski definition) is 1. The van der Waals surface area contributed by atoms with Crippen LogP contribution in [0.15, 0.2) is 8.73 Å². The molecule has 20 heavy (non-hydrogen) atoms. The van der Waals surface area contributed by atoms with E-state index < -0.39 is 19.5 Å². The van der Waals surface area contributed by atoms with Gasteiger partial charge in [-0.05, 0) is 24.9 Å². The quantitative estimate of drug-likeness (QED) is 0.764. The lowest BCUT2D eigenvalue weighted by Crippen LogP contribution is -2.36. The lowest BCUT2D eigenvalue weighted by Gasteiger charge is -2.24. The molecule has 0 spiro atoms. The number of nitrogens with zero attached hydrogens (tertiary/aromatic N) is 2. The van der Waals surface area contributed by atoms with E-state index in [9.17, 15) is 8.42 Å². The third-order valence-corrected chi connectivity index (χ3v) is 9.36. The molecule has 0 aliphatic carbocycles. The molecule has 0 aromatic carbocycles. The van der Waals surface area contributed by atoms with Gasteiger partial charge in [-0.3, -0.25) is 0 Å². The number of rotatable bonds is 2. The summed E-state index contributed by atoms with van der Waals surface area (Å²) in [5, 5.41) is 3.34. The molecule has 0 saturated carbocycles. The molecule has 3 saturated heterocycles. The standard InChI is InChI=1S/C12H23N3O3S2/c1-13-19(16)3-2-18-12(9-19)6-15-20(17)7-10-4-14-5-11(10)8-20/h10-12,14H,2-9H2,1H3. The van der Waals surface area contributed by atoms with Crippen molar-refractivity contribution in [2.45, 2.75) is 6.10 Å². The highest BCUT2D eigenvalue weighted by molar-refractivity contribution is 7.94. The van der Waals surface area contributed by atoms with E-state index in [0.717, 1.165) is 13.1 Å². The van der Waals surface area contributed by atoms with Crippen LogP contribution in [0.5, 0.6) is 0 Å². The van der Waals surface area contributed by atoms with Crippen LogP contribution < -0.4 is 5.32 Å². The van der Waals surface area contributed by atoms with Crippen molar-refractivity contribution in [3.63, 3.8) is 0 Å². The second-order valence-electron chi connectivity index (χ2n) is 5.91. The zero-order valence-electron chi connectivity index (χ0n) is 11.8. The minimum absolute atomic E-state index is 0.183. The molecule has 3 aliphatic heterocycles. The van der Waals surface area contributed by atoms with Crippen molar-refractivity contribution in [2.24, 2.45) is 20.6 Å². The highest BCUT2D eigenvalue weighted by Crippen LogP contribution is 2.29. The predicted molar refractivity (Wildman–Crippen MR) is 81.0 cm³/mol. The maximum atomic E-state index is 12.7. The van der Waals surface area contributed by atoms with Crippen molar-refractivity contribution in [3.05, 3.63) is 0 Å². The molecule has 0 amide bonds. The average Bonchev–Trinajstić information content (AvgIpc) is 2.95. The van der Waals surface area contributed by atoms with Crippen LogP contribution in [0.25, 0.3) is 0 Å². The largest absolute Gasteiger partial charge is 0.374 e. The van der Waals surface area contributed by atoms with Crippen molar-refractivity contribution in [1.29, 1.82) is 0 Å². The maximum absolute atomic E-state index is 12.7. The van der Waals surface area contributed by atoms with Crippen molar-refractivity contribution >= 4 is 19.5 Å². The van der Waals surface area contributed by atoms with Gasteiger partial charge >= 0.3 is 0 Å². The van der Waals surface area contributed by atoms with Crippen LogP contribution in [-0.2, 0) is 24.2 Å². The Bertz CT molecular complexity index is 585. The van der Waals surface area contributed by atoms with Gasteiger partial charge in [0.1, 0.15) is 0 Å². The fourth-order valence-electron chi connectivity index (χ4n) is 3.28. The third-order valence-electron chi connectivity index (χ3n) is 4.48. The summed E-state index contributed by atoms with van der Waals surface area (Å²) in [6.45, 7) is 2.81. The minimum atomic E-state index is -2.12. The maximum Gasteiger partial charge on any atom is 0.0901 e. The number of fused-ring (bicyclic) bond motifs is 1. The summed E-state index contributed by atoms with van der Waals surface area (Å²) in [5.41, 5.74) is 0. The summed E-state index contributed by atoms with van der Waals surface area (Å²) in [5.74, 6) is 3.40. The highest BCUT2D eigenvalue weighted by Gasteiger charge is 2.39. The van der Waals surface area contributed by atoms with Crippen LogP contribution in [0.3, 0.4) is 0 Å². The second kappa shape index (κ2) is 5.55. The lowest BCUT2D eigenvalue weighted by molar-refractivity contribution is 0.0799. The average molecular weight is 321 g/mol. The van der Waals surface area contributed by atoms with Gasteiger partial charge in [-0.25, -0.2) is 17.1 Å². The predicted octanol–water partition coefficient (Wildman–Crippen LogP) is -0.200. The zero-order valence-corrected chi connectivity index (χ0v) is 13.5. The Kier molecular flexibility index (Phi) is 4.09. The van der Waals surface area contributed by atoms with Gasteiger partial charge < -0.3 is 10.1 Å². The molecular weight excluding hydrogens is 298 g/mol. The first-order valence-electron chi connectivity index (χ1n) is 7.13. The Balaban J connectivity index is 1.66. The molecule has 8 heteroatoms. The summed E-state index contributed by atoms with van der Waals surface area (Å²) in [6.07, 6.45) is -0.183. The minimum Gasteiger partial charge on any atom is -0.374 e. The van der Waals surface area contributed by atoms with Crippen molar-refractivity contribution in [2.75, 3.05) is 56.3 Å². The normalized spacial score (nSPS) is 48.0. The first-order chi connectivity index (χ1) is 9.52. The lowest BCUT2D eigenvalue weighted by atomic mass is 10.0. The molecule has 3 heterocycles. The summed E-state index contributed by atoms with van der Waals surface area (Å²) >= 11 is 0. The molecule has 4 unspecified atom stereocenters. The van der Waals surface area contributed by atoms with E-state index in [-0.39, 0.29) is 6.10 Å². The summed E-state index contributed by atoms with van der Waals surface area (Å²) in [7, 11) is -2.59. The number of hydrogen-bond acceptors (Lipinski definition) is 6. The Morgan fingerprint density at radius 3 is 2.50 bits per heavy atom. The second-order valence-corrected chi connectivity index (χ2v) is 11.0. The summed E-state index contributed by atoms with van der Waals surface area (Å²) in [4.78, 5) is 0. The topological polar surface area (TPSA) is 80.1 Å². The molecule has 6 nitrogen and oxygen atoms in total. The monoisotopic (exact) mass is 321 g/mol. The van der Waals surface area contributed by atoms with E-state index in [4.69, 9.17) is 4.74 Å². The van der Waals surface area contributed by atoms with Crippen LogP contribution in [0.1, 0.15) is 0 Å². The third kappa shape index (κ3) is 3.03. The molecule has 0 radical (unpaired) electrons. The van der Waals surface area contributed by atoms with Crippen LogP contribution in [0, 0.1) is 11.8 Å². The van der Waals surface area contributed by atoms with Crippen molar-refractivity contribution in [3.8, 4) is 0 Å². The van der Waals surface area contributed by atoms with Crippen LogP contribution >= 0.6 is 0 Å². The van der Waals surface area contributed by atoms with Crippen LogP contribution in [0.4, 0.5) is 0 Å². The molecule has 0 aromatic rings. The van der Waals surface area contributed by atoms with Gasteiger partial charge in [-0.1, -0.05) is 0 Å². The first kappa shape index (κ1) is 14.7. The van der Waals surface area contributed by atoms with E-state index in [2.05, 4.69) is 14.0 Å². The van der Waals surface area contributed by atoms with Crippen molar-refractivity contribution < 1.29 is 13.2 Å². The number of nitrogens with one attached hydrogen (secondary N) is 1. The van der Waals surface area contributed by atoms with Gasteiger partial charge in [-0.2, -0.15) is 0 Å². The van der Waals surface area contributed by atoms with Crippen molar-refractivity contribution in [1.82, 2.24) is 5.32 Å². The first-order valence-corrected chi connectivity index (χ1v) is 10.8. The molecule has 3 fully saturated rings. The van der Waals surface area contributed by atoms with Gasteiger partial charge in [0.05, 0.1) is 40.5 Å². The van der Waals surface area contributed by atoms with E-state index in [1.807, 2.05) is 0 Å². The van der Waals surface area contributed by atoms with Gasteiger partial charge in [-0.15, -0.1) is 0 Å². The van der Waals surface area contributed by atoms with Crippen LogP contribution in [-0.4, -0.2) is 70.8 Å². The fraction of sp³-hybridized carbons (Fsp3) is 1.00. The Labute approximate surface area is 121 Å². The SMILES string of the molecule is CN=S1(=O)CCOC(CN=S2(=O)CC3CNCC3C2)C1. The van der Waals surface area contributed by atoms with Crippen LogP contribution in [0.2, 0.25) is 0 Å².